The van der Waals surface area contributed by atoms with E-state index >= 15 is 0 Å². The van der Waals surface area contributed by atoms with Crippen molar-refractivity contribution in [1.82, 2.24) is 9.55 Å². The van der Waals surface area contributed by atoms with Crippen LogP contribution in [0.1, 0.15) is 20.3 Å². The van der Waals surface area contributed by atoms with Gasteiger partial charge in [0.25, 0.3) is 0 Å². The van der Waals surface area contributed by atoms with Crippen molar-refractivity contribution < 1.29 is 0 Å². The van der Waals surface area contributed by atoms with Gasteiger partial charge in [-0.05, 0) is 47.1 Å². The van der Waals surface area contributed by atoms with Crippen LogP contribution >= 0.6 is 22.6 Å². The first kappa shape index (κ1) is 12.6. The molecule has 0 atom stereocenters. The summed E-state index contributed by atoms with van der Waals surface area (Å²) in [6, 6.07) is 8.51. The van der Waals surface area contributed by atoms with Crippen LogP contribution in [0.4, 0.5) is 0 Å². The molecular formula is C14H17IN2. The molecule has 1 aromatic carbocycles. The molecule has 2 rings (SSSR count). The Morgan fingerprint density at radius 3 is 2.59 bits per heavy atom. The zero-order valence-electron chi connectivity index (χ0n) is 10.2. The van der Waals surface area contributed by atoms with Gasteiger partial charge < -0.3 is 4.57 Å². The number of aromatic nitrogens is 2. The predicted octanol–water partition coefficient (Wildman–Crippen LogP) is 4.20. The van der Waals surface area contributed by atoms with Gasteiger partial charge in [-0.3, -0.25) is 0 Å². The summed E-state index contributed by atoms with van der Waals surface area (Å²) in [4.78, 5) is 4.45. The Hall–Kier alpha value is -0.840. The second-order valence-electron chi connectivity index (χ2n) is 4.63. The van der Waals surface area contributed by atoms with Crippen LogP contribution in [-0.4, -0.2) is 9.55 Å². The van der Waals surface area contributed by atoms with Crippen LogP contribution in [-0.2, 0) is 6.54 Å². The van der Waals surface area contributed by atoms with Crippen LogP contribution in [0.2, 0.25) is 0 Å². The molecule has 0 amide bonds. The highest BCUT2D eigenvalue weighted by Gasteiger charge is 2.06. The lowest BCUT2D eigenvalue weighted by atomic mass is 10.1. The van der Waals surface area contributed by atoms with Gasteiger partial charge in [0, 0.05) is 28.1 Å². The Morgan fingerprint density at radius 1 is 1.24 bits per heavy atom. The molecule has 0 spiro atoms. The van der Waals surface area contributed by atoms with Crippen molar-refractivity contribution in [2.75, 3.05) is 0 Å². The Labute approximate surface area is 116 Å². The third kappa shape index (κ3) is 3.31. The molecule has 0 bridgehead atoms. The normalized spacial score (nSPS) is 11.1. The fourth-order valence-corrected chi connectivity index (χ4v) is 2.11. The molecule has 0 aliphatic carbocycles. The maximum Gasteiger partial charge on any atom is 0.139 e. The van der Waals surface area contributed by atoms with E-state index in [9.17, 15) is 0 Å². The molecule has 2 nitrogen and oxygen atoms in total. The Balaban J connectivity index is 2.21. The Morgan fingerprint density at radius 2 is 1.94 bits per heavy atom. The van der Waals surface area contributed by atoms with Crippen molar-refractivity contribution in [3.63, 3.8) is 0 Å². The fraction of sp³-hybridized carbons (Fsp3) is 0.357. The van der Waals surface area contributed by atoms with Crippen molar-refractivity contribution >= 4 is 22.6 Å². The highest BCUT2D eigenvalue weighted by Crippen LogP contribution is 2.19. The van der Waals surface area contributed by atoms with Gasteiger partial charge in [0.15, 0.2) is 0 Å². The summed E-state index contributed by atoms with van der Waals surface area (Å²) >= 11 is 2.32. The first-order valence-electron chi connectivity index (χ1n) is 5.94. The van der Waals surface area contributed by atoms with Crippen molar-refractivity contribution in [1.29, 1.82) is 0 Å². The molecule has 1 heterocycles. The van der Waals surface area contributed by atoms with Crippen molar-refractivity contribution in [3.05, 3.63) is 40.2 Å². The summed E-state index contributed by atoms with van der Waals surface area (Å²) in [6.07, 6.45) is 5.14. The van der Waals surface area contributed by atoms with E-state index in [1.807, 2.05) is 6.20 Å². The summed E-state index contributed by atoms with van der Waals surface area (Å²) in [5.41, 5.74) is 1.19. The van der Waals surface area contributed by atoms with Crippen molar-refractivity contribution in [2.45, 2.75) is 26.8 Å². The zero-order valence-corrected chi connectivity index (χ0v) is 12.4. The Kier molecular flexibility index (Phi) is 4.20. The number of aryl methyl sites for hydroxylation is 1. The maximum absolute atomic E-state index is 4.45. The second-order valence-corrected chi connectivity index (χ2v) is 5.88. The molecule has 17 heavy (non-hydrogen) atoms. The molecule has 0 N–H and O–H groups in total. The van der Waals surface area contributed by atoms with Gasteiger partial charge in [-0.25, -0.2) is 4.98 Å². The van der Waals surface area contributed by atoms with E-state index in [0.717, 1.165) is 18.3 Å². The van der Waals surface area contributed by atoms with E-state index < -0.39 is 0 Å². The quantitative estimate of drug-likeness (QED) is 0.763. The minimum Gasteiger partial charge on any atom is -0.331 e. The first-order valence-corrected chi connectivity index (χ1v) is 7.02. The molecule has 0 aliphatic rings. The SMILES string of the molecule is CC(C)CCn1ccnc1-c1ccc(I)cc1. The summed E-state index contributed by atoms with van der Waals surface area (Å²) in [5.74, 6) is 1.80. The van der Waals surface area contributed by atoms with Gasteiger partial charge in [-0.1, -0.05) is 26.0 Å². The third-order valence-electron chi connectivity index (χ3n) is 2.77. The first-order chi connectivity index (χ1) is 8.16. The summed E-state index contributed by atoms with van der Waals surface area (Å²) < 4.78 is 3.49. The number of hydrogen-bond donors (Lipinski definition) is 0. The molecule has 0 aliphatic heterocycles. The van der Waals surface area contributed by atoms with Crippen LogP contribution in [0.25, 0.3) is 11.4 Å². The van der Waals surface area contributed by atoms with Crippen LogP contribution in [0.3, 0.4) is 0 Å². The van der Waals surface area contributed by atoms with Gasteiger partial charge >= 0.3 is 0 Å². The third-order valence-corrected chi connectivity index (χ3v) is 3.48. The standard InChI is InChI=1S/C14H17IN2/c1-11(2)7-9-17-10-8-16-14(17)12-3-5-13(15)6-4-12/h3-6,8,10-11H,7,9H2,1-2H3. The molecule has 0 saturated carbocycles. The van der Waals surface area contributed by atoms with Crippen LogP contribution in [0, 0.1) is 9.49 Å². The molecule has 0 saturated heterocycles. The predicted molar refractivity (Wildman–Crippen MR) is 79.8 cm³/mol. The fourth-order valence-electron chi connectivity index (χ4n) is 1.75. The van der Waals surface area contributed by atoms with E-state index in [1.54, 1.807) is 0 Å². The van der Waals surface area contributed by atoms with E-state index in [-0.39, 0.29) is 0 Å². The van der Waals surface area contributed by atoms with Gasteiger partial charge in [-0.2, -0.15) is 0 Å². The number of halogens is 1. The monoisotopic (exact) mass is 340 g/mol. The summed E-state index contributed by atoms with van der Waals surface area (Å²) in [7, 11) is 0. The van der Waals surface area contributed by atoms with Crippen molar-refractivity contribution in [2.24, 2.45) is 5.92 Å². The Bertz CT molecular complexity index is 471. The van der Waals surface area contributed by atoms with E-state index in [2.05, 4.69) is 76.5 Å². The molecule has 1 aromatic heterocycles. The van der Waals surface area contributed by atoms with E-state index in [0.29, 0.717) is 0 Å². The van der Waals surface area contributed by atoms with Gasteiger partial charge in [0.2, 0.25) is 0 Å². The lowest BCUT2D eigenvalue weighted by Gasteiger charge is -2.09. The van der Waals surface area contributed by atoms with Crippen LogP contribution in [0.15, 0.2) is 36.7 Å². The van der Waals surface area contributed by atoms with Gasteiger partial charge in [0.05, 0.1) is 0 Å². The topological polar surface area (TPSA) is 17.8 Å². The molecule has 0 unspecified atom stereocenters. The number of nitrogens with zero attached hydrogens (tertiary/aromatic N) is 2. The molecule has 0 fully saturated rings. The molecular weight excluding hydrogens is 323 g/mol. The average Bonchev–Trinajstić information content (AvgIpc) is 2.75. The summed E-state index contributed by atoms with van der Waals surface area (Å²) in [5, 5.41) is 0. The second kappa shape index (κ2) is 5.67. The molecule has 0 radical (unpaired) electrons. The van der Waals surface area contributed by atoms with Gasteiger partial charge in [0.1, 0.15) is 5.82 Å². The minimum absolute atomic E-state index is 0.724. The van der Waals surface area contributed by atoms with Crippen LogP contribution < -0.4 is 0 Å². The summed E-state index contributed by atoms with van der Waals surface area (Å²) in [6.45, 7) is 5.54. The van der Waals surface area contributed by atoms with Gasteiger partial charge in [-0.15, -0.1) is 0 Å². The minimum atomic E-state index is 0.724. The molecule has 2 aromatic rings. The lowest BCUT2D eigenvalue weighted by molar-refractivity contribution is 0.519. The molecule has 90 valence electrons. The largest absolute Gasteiger partial charge is 0.331 e. The zero-order chi connectivity index (χ0) is 12.3. The van der Waals surface area contributed by atoms with E-state index in [4.69, 9.17) is 0 Å². The molecule has 3 heteroatoms. The van der Waals surface area contributed by atoms with E-state index in [1.165, 1.54) is 15.6 Å². The van der Waals surface area contributed by atoms with Crippen LogP contribution in [0.5, 0.6) is 0 Å². The maximum atomic E-state index is 4.45. The number of benzene rings is 1. The smallest absolute Gasteiger partial charge is 0.139 e. The van der Waals surface area contributed by atoms with Crippen molar-refractivity contribution in [3.8, 4) is 11.4 Å². The number of rotatable bonds is 4. The highest BCUT2D eigenvalue weighted by atomic mass is 127. The average molecular weight is 340 g/mol. The lowest BCUT2D eigenvalue weighted by Crippen LogP contribution is -2.02. The number of hydrogen-bond acceptors (Lipinski definition) is 1. The number of imidazole rings is 1. The highest BCUT2D eigenvalue weighted by molar-refractivity contribution is 14.1.